The first-order chi connectivity index (χ1) is 9.65. The van der Waals surface area contributed by atoms with E-state index in [9.17, 15) is 4.79 Å². The predicted molar refractivity (Wildman–Crippen MR) is 83.9 cm³/mol. The highest BCUT2D eigenvalue weighted by molar-refractivity contribution is 9.09. The fraction of sp³-hybridized carbons (Fsp3) is 0.533. The van der Waals surface area contributed by atoms with E-state index < -0.39 is 0 Å². The van der Waals surface area contributed by atoms with E-state index >= 15 is 0 Å². The molecule has 0 saturated carbocycles. The van der Waals surface area contributed by atoms with Crippen LogP contribution in [0.4, 0.5) is 0 Å². The summed E-state index contributed by atoms with van der Waals surface area (Å²) in [6.45, 7) is 3.60. The molecule has 0 fully saturated rings. The molecule has 0 aliphatic carbocycles. The summed E-state index contributed by atoms with van der Waals surface area (Å²) in [5.74, 6) is 1.47. The highest BCUT2D eigenvalue weighted by Gasteiger charge is 2.14. The van der Waals surface area contributed by atoms with E-state index in [4.69, 9.17) is 9.47 Å². The Kier molecular flexibility index (Phi) is 7.44. The van der Waals surface area contributed by atoms with Gasteiger partial charge in [0.05, 0.1) is 20.6 Å². The highest BCUT2D eigenvalue weighted by atomic mass is 79.9. The number of hydrogen-bond acceptors (Lipinski definition) is 3. The number of halogens is 1. The van der Waals surface area contributed by atoms with E-state index in [0.29, 0.717) is 17.9 Å². The van der Waals surface area contributed by atoms with Crippen LogP contribution in [-0.2, 0) is 11.2 Å². The maximum absolute atomic E-state index is 12.3. The molecule has 1 rings (SSSR count). The molecule has 0 aliphatic rings. The molecular weight excluding hydrogens is 322 g/mol. The fourth-order valence-corrected chi connectivity index (χ4v) is 2.44. The van der Waals surface area contributed by atoms with Crippen molar-refractivity contribution in [3.63, 3.8) is 0 Å². The molecule has 0 unspecified atom stereocenters. The normalized spacial score (nSPS) is 10.2. The summed E-state index contributed by atoms with van der Waals surface area (Å²) in [6.07, 6.45) is 1.35. The lowest BCUT2D eigenvalue weighted by Crippen LogP contribution is -2.34. The zero-order valence-electron chi connectivity index (χ0n) is 12.3. The summed E-state index contributed by atoms with van der Waals surface area (Å²) in [6, 6.07) is 5.59. The Morgan fingerprint density at radius 3 is 2.45 bits per heavy atom. The quantitative estimate of drug-likeness (QED) is 0.681. The minimum absolute atomic E-state index is 0.138. The van der Waals surface area contributed by atoms with Gasteiger partial charge in [-0.05, 0) is 24.1 Å². The van der Waals surface area contributed by atoms with Gasteiger partial charge in [-0.2, -0.15) is 0 Å². The molecule has 0 aromatic heterocycles. The van der Waals surface area contributed by atoms with Gasteiger partial charge in [0.25, 0.3) is 0 Å². The third kappa shape index (κ3) is 4.71. The van der Waals surface area contributed by atoms with Gasteiger partial charge in [-0.25, -0.2) is 0 Å². The number of hydrogen-bond donors (Lipinski definition) is 0. The fourth-order valence-electron chi connectivity index (χ4n) is 2.01. The molecule has 1 amide bonds. The minimum atomic E-state index is 0.138. The van der Waals surface area contributed by atoms with Crippen LogP contribution in [-0.4, -0.2) is 43.4 Å². The van der Waals surface area contributed by atoms with Gasteiger partial charge >= 0.3 is 0 Å². The van der Waals surface area contributed by atoms with Crippen LogP contribution in [0.5, 0.6) is 11.5 Å². The number of amides is 1. The van der Waals surface area contributed by atoms with Gasteiger partial charge in [0, 0.05) is 18.4 Å². The number of rotatable bonds is 8. The predicted octanol–water partition coefficient (Wildman–Crippen LogP) is 2.88. The van der Waals surface area contributed by atoms with Crippen molar-refractivity contribution in [2.24, 2.45) is 0 Å². The molecule has 0 N–H and O–H groups in total. The van der Waals surface area contributed by atoms with Gasteiger partial charge in [-0.15, -0.1) is 0 Å². The Morgan fingerprint density at radius 1 is 1.20 bits per heavy atom. The van der Waals surface area contributed by atoms with Crippen LogP contribution >= 0.6 is 15.9 Å². The summed E-state index contributed by atoms with van der Waals surface area (Å²) in [5, 5.41) is 0.796. The van der Waals surface area contributed by atoms with Crippen molar-refractivity contribution < 1.29 is 14.3 Å². The number of carbonyl (C=O) groups is 1. The number of benzene rings is 1. The van der Waals surface area contributed by atoms with E-state index in [0.717, 1.165) is 30.4 Å². The zero-order chi connectivity index (χ0) is 15.0. The third-order valence-electron chi connectivity index (χ3n) is 3.00. The zero-order valence-corrected chi connectivity index (χ0v) is 13.9. The summed E-state index contributed by atoms with van der Waals surface area (Å²) in [5.41, 5.74) is 0.934. The molecule has 0 heterocycles. The SMILES string of the molecule is CCCN(CCBr)C(=O)Cc1ccc(OC)c(OC)c1. The first-order valence-electron chi connectivity index (χ1n) is 6.70. The average molecular weight is 344 g/mol. The monoisotopic (exact) mass is 343 g/mol. The van der Waals surface area contributed by atoms with E-state index in [2.05, 4.69) is 22.9 Å². The van der Waals surface area contributed by atoms with Gasteiger partial charge in [-0.3, -0.25) is 4.79 Å². The molecule has 1 aromatic rings. The maximum atomic E-state index is 12.3. The van der Waals surface area contributed by atoms with Crippen molar-refractivity contribution in [1.29, 1.82) is 0 Å². The van der Waals surface area contributed by atoms with Crippen molar-refractivity contribution >= 4 is 21.8 Å². The van der Waals surface area contributed by atoms with Gasteiger partial charge in [0.2, 0.25) is 5.91 Å². The molecule has 0 spiro atoms. The molecule has 1 aromatic carbocycles. The smallest absolute Gasteiger partial charge is 0.227 e. The molecule has 0 bridgehead atoms. The van der Waals surface area contributed by atoms with Crippen molar-refractivity contribution in [3.8, 4) is 11.5 Å². The van der Waals surface area contributed by atoms with Crippen LogP contribution in [0.25, 0.3) is 0 Å². The summed E-state index contributed by atoms with van der Waals surface area (Å²) < 4.78 is 10.5. The second kappa shape index (κ2) is 8.84. The van der Waals surface area contributed by atoms with Crippen LogP contribution in [0.1, 0.15) is 18.9 Å². The molecule has 0 aliphatic heterocycles. The molecule has 4 nitrogen and oxygen atoms in total. The van der Waals surface area contributed by atoms with E-state index in [1.54, 1.807) is 14.2 Å². The number of ether oxygens (including phenoxy) is 2. The molecular formula is C15H22BrNO3. The Labute approximate surface area is 129 Å². The Balaban J connectivity index is 2.78. The second-order valence-electron chi connectivity index (χ2n) is 4.44. The van der Waals surface area contributed by atoms with Crippen molar-refractivity contribution in [3.05, 3.63) is 23.8 Å². The number of nitrogens with zero attached hydrogens (tertiary/aromatic N) is 1. The number of alkyl halides is 1. The van der Waals surface area contributed by atoms with E-state index in [1.165, 1.54) is 0 Å². The van der Waals surface area contributed by atoms with Crippen LogP contribution < -0.4 is 9.47 Å². The molecule has 5 heteroatoms. The van der Waals surface area contributed by atoms with Gasteiger partial charge in [0.1, 0.15) is 0 Å². The Bertz CT molecular complexity index is 431. The van der Waals surface area contributed by atoms with E-state index in [1.807, 2.05) is 23.1 Å². The molecule has 0 atom stereocenters. The van der Waals surface area contributed by atoms with Gasteiger partial charge in [0.15, 0.2) is 11.5 Å². The maximum Gasteiger partial charge on any atom is 0.227 e. The molecule has 0 saturated heterocycles. The first-order valence-corrected chi connectivity index (χ1v) is 7.83. The second-order valence-corrected chi connectivity index (χ2v) is 5.23. The number of carbonyl (C=O) groups excluding carboxylic acids is 1. The lowest BCUT2D eigenvalue weighted by atomic mass is 10.1. The number of methoxy groups -OCH3 is 2. The lowest BCUT2D eigenvalue weighted by Gasteiger charge is -2.21. The topological polar surface area (TPSA) is 38.8 Å². The summed E-state index contributed by atoms with van der Waals surface area (Å²) in [4.78, 5) is 14.2. The van der Waals surface area contributed by atoms with Gasteiger partial charge < -0.3 is 14.4 Å². The standard InChI is InChI=1S/C15H22BrNO3/c1-4-8-17(9-7-16)15(18)11-12-5-6-13(19-2)14(10-12)20-3/h5-6,10H,4,7-9,11H2,1-3H3. The minimum Gasteiger partial charge on any atom is -0.493 e. The molecule has 112 valence electrons. The molecule has 20 heavy (non-hydrogen) atoms. The molecule has 0 radical (unpaired) electrons. The Morgan fingerprint density at radius 2 is 1.90 bits per heavy atom. The highest BCUT2D eigenvalue weighted by Crippen LogP contribution is 2.27. The van der Waals surface area contributed by atoms with E-state index in [-0.39, 0.29) is 5.91 Å². The van der Waals surface area contributed by atoms with Crippen LogP contribution in [0.3, 0.4) is 0 Å². The summed E-state index contributed by atoms with van der Waals surface area (Å²) >= 11 is 3.39. The first kappa shape index (κ1) is 16.8. The van der Waals surface area contributed by atoms with Crippen molar-refractivity contribution in [2.45, 2.75) is 19.8 Å². The van der Waals surface area contributed by atoms with Crippen LogP contribution in [0, 0.1) is 0 Å². The van der Waals surface area contributed by atoms with Crippen LogP contribution in [0.2, 0.25) is 0 Å². The lowest BCUT2D eigenvalue weighted by molar-refractivity contribution is -0.130. The Hall–Kier alpha value is -1.23. The largest absolute Gasteiger partial charge is 0.493 e. The van der Waals surface area contributed by atoms with Crippen molar-refractivity contribution in [2.75, 3.05) is 32.6 Å². The van der Waals surface area contributed by atoms with Crippen molar-refractivity contribution in [1.82, 2.24) is 4.90 Å². The average Bonchev–Trinajstić information content (AvgIpc) is 2.46. The third-order valence-corrected chi connectivity index (χ3v) is 3.36. The van der Waals surface area contributed by atoms with Gasteiger partial charge in [-0.1, -0.05) is 28.9 Å². The summed E-state index contributed by atoms with van der Waals surface area (Å²) in [7, 11) is 3.19. The van der Waals surface area contributed by atoms with Crippen LogP contribution in [0.15, 0.2) is 18.2 Å².